The quantitative estimate of drug-likeness (QED) is 0.363. The van der Waals surface area contributed by atoms with Crippen molar-refractivity contribution in [2.75, 3.05) is 32.7 Å². The van der Waals surface area contributed by atoms with Crippen molar-refractivity contribution in [2.45, 2.75) is 51.5 Å². The summed E-state index contributed by atoms with van der Waals surface area (Å²) in [7, 11) is 0. The van der Waals surface area contributed by atoms with Crippen molar-refractivity contribution in [1.82, 2.24) is 15.5 Å². The Kier molecular flexibility index (Phi) is 8.20. The number of likely N-dealkylation sites (tertiary alicyclic amines) is 1. The van der Waals surface area contributed by atoms with Gasteiger partial charge in [-0.2, -0.15) is 0 Å². The molecule has 1 saturated carbocycles. The van der Waals surface area contributed by atoms with Gasteiger partial charge < -0.3 is 15.5 Å². The molecular weight excluding hydrogens is 435 g/mol. The molecule has 0 amide bonds. The topological polar surface area (TPSA) is 39.7 Å². The zero-order valence-corrected chi connectivity index (χ0v) is 18.8. The van der Waals surface area contributed by atoms with Crippen LogP contribution in [0.15, 0.2) is 35.3 Å². The predicted molar refractivity (Wildman–Crippen MR) is 122 cm³/mol. The van der Waals surface area contributed by atoms with Gasteiger partial charge in [0.15, 0.2) is 5.96 Å². The van der Waals surface area contributed by atoms with E-state index in [-0.39, 0.29) is 29.4 Å². The van der Waals surface area contributed by atoms with Crippen LogP contribution in [-0.2, 0) is 5.41 Å². The van der Waals surface area contributed by atoms with Crippen molar-refractivity contribution in [3.05, 3.63) is 35.9 Å². The first-order valence-electron chi connectivity index (χ1n) is 9.90. The Hall–Kier alpha value is -0.820. The molecule has 0 spiro atoms. The Morgan fingerprint density at radius 2 is 1.88 bits per heavy atom. The lowest BCUT2D eigenvalue weighted by molar-refractivity contribution is 0.314. The Bertz CT molecular complexity index is 569. The number of hydrogen-bond donors (Lipinski definition) is 2. The van der Waals surface area contributed by atoms with Gasteiger partial charge in [-0.05, 0) is 44.2 Å². The van der Waals surface area contributed by atoms with Crippen molar-refractivity contribution in [1.29, 1.82) is 0 Å². The normalized spacial score (nSPS) is 21.3. The average Bonchev–Trinajstić information content (AvgIpc) is 3.37. The van der Waals surface area contributed by atoms with Gasteiger partial charge in [-0.1, -0.05) is 44.2 Å². The van der Waals surface area contributed by atoms with Gasteiger partial charge in [-0.15, -0.1) is 24.0 Å². The summed E-state index contributed by atoms with van der Waals surface area (Å²) in [6.45, 7) is 11.9. The lowest BCUT2D eigenvalue weighted by Crippen LogP contribution is -2.41. The molecule has 1 saturated heterocycles. The Balaban J connectivity index is 0.00000243. The second-order valence-electron chi connectivity index (χ2n) is 8.21. The SMILES string of the molecule is CCNC(=NCC(C)(C)c1ccccc1)NCC1CCN(C2CC2)C1.I. The van der Waals surface area contributed by atoms with Crippen molar-refractivity contribution >= 4 is 29.9 Å². The van der Waals surface area contributed by atoms with E-state index in [1.807, 2.05) is 0 Å². The van der Waals surface area contributed by atoms with Crippen molar-refractivity contribution in [3.63, 3.8) is 0 Å². The largest absolute Gasteiger partial charge is 0.357 e. The molecule has 2 fully saturated rings. The number of guanidine groups is 1. The molecule has 1 aromatic carbocycles. The van der Waals surface area contributed by atoms with Gasteiger partial charge in [0.25, 0.3) is 0 Å². The van der Waals surface area contributed by atoms with E-state index in [4.69, 9.17) is 4.99 Å². The van der Waals surface area contributed by atoms with Crippen LogP contribution in [0.2, 0.25) is 0 Å². The van der Waals surface area contributed by atoms with E-state index in [1.165, 1.54) is 37.9 Å². The highest BCUT2D eigenvalue weighted by Crippen LogP contribution is 2.31. The summed E-state index contributed by atoms with van der Waals surface area (Å²) in [6, 6.07) is 11.6. The Morgan fingerprint density at radius 1 is 1.15 bits per heavy atom. The van der Waals surface area contributed by atoms with Crippen LogP contribution in [0.1, 0.15) is 45.6 Å². The first-order valence-corrected chi connectivity index (χ1v) is 9.90. The smallest absolute Gasteiger partial charge is 0.191 e. The highest BCUT2D eigenvalue weighted by atomic mass is 127. The summed E-state index contributed by atoms with van der Waals surface area (Å²) in [4.78, 5) is 7.55. The summed E-state index contributed by atoms with van der Waals surface area (Å²) in [5.41, 5.74) is 1.38. The van der Waals surface area contributed by atoms with Gasteiger partial charge in [0, 0.05) is 31.1 Å². The summed E-state index contributed by atoms with van der Waals surface area (Å²) in [6.07, 6.45) is 4.15. The third-order valence-electron chi connectivity index (χ3n) is 5.47. The van der Waals surface area contributed by atoms with Crippen LogP contribution >= 0.6 is 24.0 Å². The molecule has 4 nitrogen and oxygen atoms in total. The molecule has 1 aliphatic carbocycles. The number of nitrogens with zero attached hydrogens (tertiary/aromatic N) is 2. The van der Waals surface area contributed by atoms with Gasteiger partial charge >= 0.3 is 0 Å². The molecule has 1 atom stereocenters. The maximum atomic E-state index is 4.87. The zero-order chi connectivity index (χ0) is 17.7. The van der Waals surface area contributed by atoms with Crippen molar-refractivity contribution in [2.24, 2.45) is 10.9 Å². The minimum absolute atomic E-state index is 0. The van der Waals surface area contributed by atoms with Crippen molar-refractivity contribution in [3.8, 4) is 0 Å². The fourth-order valence-electron chi connectivity index (χ4n) is 3.64. The van der Waals surface area contributed by atoms with Crippen molar-refractivity contribution < 1.29 is 0 Å². The first-order chi connectivity index (χ1) is 12.1. The maximum absolute atomic E-state index is 4.87. The molecule has 1 unspecified atom stereocenters. The third kappa shape index (κ3) is 6.12. The molecule has 2 N–H and O–H groups in total. The monoisotopic (exact) mass is 470 g/mol. The molecule has 5 heteroatoms. The van der Waals surface area contributed by atoms with Crippen LogP contribution in [-0.4, -0.2) is 49.6 Å². The maximum Gasteiger partial charge on any atom is 0.191 e. The molecule has 3 rings (SSSR count). The highest BCUT2D eigenvalue weighted by Gasteiger charge is 2.34. The molecule has 1 heterocycles. The summed E-state index contributed by atoms with van der Waals surface area (Å²) >= 11 is 0. The molecule has 146 valence electrons. The van der Waals surface area contributed by atoms with E-state index < -0.39 is 0 Å². The fraction of sp³-hybridized carbons (Fsp3) is 0.667. The second-order valence-corrected chi connectivity index (χ2v) is 8.21. The van der Waals surface area contributed by atoms with E-state index in [9.17, 15) is 0 Å². The first kappa shape index (κ1) is 21.5. The van der Waals surface area contributed by atoms with Crippen LogP contribution in [0.5, 0.6) is 0 Å². The number of nitrogens with one attached hydrogen (secondary N) is 2. The standard InChI is InChI=1S/C21H34N4.HI/c1-4-22-20(23-14-17-12-13-25(15-17)19-10-11-19)24-16-21(2,3)18-8-6-5-7-9-18;/h5-9,17,19H,4,10-16H2,1-3H3,(H2,22,23,24);1H. The Morgan fingerprint density at radius 3 is 2.54 bits per heavy atom. The lowest BCUT2D eigenvalue weighted by atomic mass is 9.85. The van der Waals surface area contributed by atoms with Gasteiger partial charge in [0.1, 0.15) is 0 Å². The number of rotatable bonds is 7. The van der Waals surface area contributed by atoms with E-state index in [2.05, 4.69) is 66.6 Å². The molecular formula is C21H35IN4. The molecule has 26 heavy (non-hydrogen) atoms. The van der Waals surface area contributed by atoms with Gasteiger partial charge in [-0.3, -0.25) is 4.99 Å². The fourth-order valence-corrected chi connectivity index (χ4v) is 3.64. The van der Waals surface area contributed by atoms with E-state index >= 15 is 0 Å². The summed E-state index contributed by atoms with van der Waals surface area (Å²) < 4.78 is 0. The van der Waals surface area contributed by atoms with Crippen LogP contribution in [0.4, 0.5) is 0 Å². The number of halogens is 1. The number of aliphatic imine (C=N–C) groups is 1. The zero-order valence-electron chi connectivity index (χ0n) is 16.5. The van der Waals surface area contributed by atoms with Crippen LogP contribution < -0.4 is 10.6 Å². The number of hydrogen-bond acceptors (Lipinski definition) is 2. The Labute approximate surface area is 176 Å². The molecule has 1 aliphatic heterocycles. The minimum Gasteiger partial charge on any atom is -0.357 e. The van der Waals surface area contributed by atoms with Gasteiger partial charge in [0.2, 0.25) is 0 Å². The predicted octanol–water partition coefficient (Wildman–Crippen LogP) is 3.62. The molecule has 0 bridgehead atoms. The van der Waals surface area contributed by atoms with Crippen LogP contribution in [0.25, 0.3) is 0 Å². The van der Waals surface area contributed by atoms with Crippen LogP contribution in [0, 0.1) is 5.92 Å². The highest BCUT2D eigenvalue weighted by molar-refractivity contribution is 14.0. The van der Waals surface area contributed by atoms with E-state index in [0.717, 1.165) is 37.6 Å². The molecule has 0 aromatic heterocycles. The van der Waals surface area contributed by atoms with Gasteiger partial charge in [0.05, 0.1) is 6.54 Å². The molecule has 0 radical (unpaired) electrons. The average molecular weight is 470 g/mol. The molecule has 1 aromatic rings. The molecule has 2 aliphatic rings. The van der Waals surface area contributed by atoms with Gasteiger partial charge in [-0.25, -0.2) is 0 Å². The van der Waals surface area contributed by atoms with Crippen LogP contribution in [0.3, 0.4) is 0 Å². The summed E-state index contributed by atoms with van der Waals surface area (Å²) in [5, 5.41) is 6.98. The minimum atomic E-state index is 0. The number of benzene rings is 1. The van der Waals surface area contributed by atoms with E-state index in [0.29, 0.717) is 0 Å². The third-order valence-corrected chi connectivity index (χ3v) is 5.47. The lowest BCUT2D eigenvalue weighted by Gasteiger charge is -2.24. The van der Waals surface area contributed by atoms with E-state index in [1.54, 1.807) is 0 Å². The second kappa shape index (κ2) is 9.93. The summed E-state index contributed by atoms with van der Waals surface area (Å²) in [5.74, 6) is 1.71.